The van der Waals surface area contributed by atoms with E-state index in [1.54, 1.807) is 18.4 Å². The Balaban J connectivity index is 1.58. The fourth-order valence-electron chi connectivity index (χ4n) is 2.27. The molecule has 0 saturated heterocycles. The number of rotatable bonds is 6. The number of ether oxygens (including phenoxy) is 1. The van der Waals surface area contributed by atoms with Gasteiger partial charge >= 0.3 is 0 Å². The average molecular weight is 314 g/mol. The van der Waals surface area contributed by atoms with Crippen LogP contribution in [-0.2, 0) is 6.54 Å². The van der Waals surface area contributed by atoms with Crippen molar-refractivity contribution < 1.29 is 9.84 Å². The van der Waals surface area contributed by atoms with Crippen LogP contribution in [-0.4, -0.2) is 23.7 Å². The zero-order valence-corrected chi connectivity index (χ0v) is 13.1. The molecule has 0 radical (unpaired) electrons. The lowest BCUT2D eigenvalue weighted by Crippen LogP contribution is -2.21. The van der Waals surface area contributed by atoms with E-state index in [1.807, 2.05) is 30.3 Å². The van der Waals surface area contributed by atoms with E-state index in [0.717, 1.165) is 10.6 Å². The van der Waals surface area contributed by atoms with Crippen LogP contribution in [0.5, 0.6) is 5.88 Å². The molecular weight excluding hydrogens is 296 g/mol. The van der Waals surface area contributed by atoms with E-state index in [0.29, 0.717) is 19.0 Å². The fraction of sp³-hybridized carbons (Fsp3) is 0.235. The summed E-state index contributed by atoms with van der Waals surface area (Å²) in [6.45, 7) is 1.09. The summed E-state index contributed by atoms with van der Waals surface area (Å²) in [5.74, 6) is 0.601. The number of thiophene rings is 1. The second-order valence-electron chi connectivity index (χ2n) is 5.00. The van der Waals surface area contributed by atoms with Gasteiger partial charge in [-0.05, 0) is 23.6 Å². The third kappa shape index (κ3) is 3.44. The van der Waals surface area contributed by atoms with Crippen LogP contribution in [0.2, 0.25) is 0 Å². The first kappa shape index (κ1) is 15.0. The summed E-state index contributed by atoms with van der Waals surface area (Å²) in [5, 5.41) is 14.7. The topological polar surface area (TPSA) is 54.4 Å². The van der Waals surface area contributed by atoms with E-state index in [9.17, 15) is 5.11 Å². The average Bonchev–Trinajstić information content (AvgIpc) is 2.99. The highest BCUT2D eigenvalue weighted by atomic mass is 32.1. The molecule has 4 nitrogen and oxygen atoms in total. The van der Waals surface area contributed by atoms with Crippen molar-refractivity contribution in [3.63, 3.8) is 0 Å². The molecule has 3 aromatic rings. The van der Waals surface area contributed by atoms with Crippen LogP contribution in [0.3, 0.4) is 0 Å². The highest BCUT2D eigenvalue weighted by molar-refractivity contribution is 7.19. The van der Waals surface area contributed by atoms with Crippen LogP contribution in [0.15, 0.2) is 48.5 Å². The Morgan fingerprint density at radius 2 is 2.09 bits per heavy atom. The molecular formula is C17H18N2O2S. The van der Waals surface area contributed by atoms with Crippen LogP contribution < -0.4 is 10.1 Å². The minimum atomic E-state index is -0.511. The number of aromatic nitrogens is 1. The third-order valence-electron chi connectivity index (χ3n) is 3.41. The largest absolute Gasteiger partial charge is 0.481 e. The summed E-state index contributed by atoms with van der Waals surface area (Å²) in [4.78, 5) is 5.31. The Bertz CT molecular complexity index is 724. The Kier molecular flexibility index (Phi) is 4.68. The summed E-state index contributed by atoms with van der Waals surface area (Å²) in [7, 11) is 1.60. The molecule has 0 saturated carbocycles. The lowest BCUT2D eigenvalue weighted by molar-refractivity contribution is 0.178. The van der Waals surface area contributed by atoms with Crippen molar-refractivity contribution in [2.24, 2.45) is 0 Å². The Hall–Kier alpha value is -1.95. The van der Waals surface area contributed by atoms with Crippen molar-refractivity contribution in [2.45, 2.75) is 12.6 Å². The molecule has 0 aliphatic rings. The molecule has 114 valence electrons. The number of nitrogens with one attached hydrogen (secondary N) is 1. The molecule has 0 spiro atoms. The molecule has 0 amide bonds. The SMILES string of the molecule is COc1cccc(CNC[C@H](O)c2cc3ccccc3s2)n1. The van der Waals surface area contributed by atoms with Crippen LogP contribution in [0, 0.1) is 0 Å². The van der Waals surface area contributed by atoms with Gasteiger partial charge in [0.1, 0.15) is 6.10 Å². The number of nitrogens with zero attached hydrogens (tertiary/aromatic N) is 1. The van der Waals surface area contributed by atoms with Crippen LogP contribution >= 0.6 is 11.3 Å². The highest BCUT2D eigenvalue weighted by Crippen LogP contribution is 2.29. The van der Waals surface area contributed by atoms with E-state index in [4.69, 9.17) is 4.74 Å². The van der Waals surface area contributed by atoms with Gasteiger partial charge < -0.3 is 15.2 Å². The molecule has 22 heavy (non-hydrogen) atoms. The molecule has 5 heteroatoms. The van der Waals surface area contributed by atoms with Gasteiger partial charge in [-0.2, -0.15) is 0 Å². The van der Waals surface area contributed by atoms with Gasteiger partial charge in [0, 0.05) is 28.7 Å². The van der Waals surface area contributed by atoms with Gasteiger partial charge in [0.05, 0.1) is 12.8 Å². The quantitative estimate of drug-likeness (QED) is 0.734. The van der Waals surface area contributed by atoms with Gasteiger partial charge in [-0.25, -0.2) is 4.98 Å². The lowest BCUT2D eigenvalue weighted by atomic mass is 10.2. The molecule has 2 heterocycles. The van der Waals surface area contributed by atoms with Crippen molar-refractivity contribution in [2.75, 3.05) is 13.7 Å². The Labute approximate surface area is 133 Å². The van der Waals surface area contributed by atoms with Crippen molar-refractivity contribution in [3.8, 4) is 5.88 Å². The maximum Gasteiger partial charge on any atom is 0.213 e. The summed E-state index contributed by atoms with van der Waals surface area (Å²) in [5.41, 5.74) is 0.892. The maximum atomic E-state index is 10.3. The third-order valence-corrected chi connectivity index (χ3v) is 4.62. The van der Waals surface area contributed by atoms with E-state index in [-0.39, 0.29) is 0 Å². The minimum Gasteiger partial charge on any atom is -0.481 e. The molecule has 3 rings (SSSR count). The van der Waals surface area contributed by atoms with E-state index in [2.05, 4.69) is 28.5 Å². The highest BCUT2D eigenvalue weighted by Gasteiger charge is 2.11. The first-order valence-electron chi connectivity index (χ1n) is 7.13. The number of hydrogen-bond donors (Lipinski definition) is 2. The van der Waals surface area contributed by atoms with E-state index in [1.165, 1.54) is 10.1 Å². The Morgan fingerprint density at radius 1 is 1.23 bits per heavy atom. The summed E-state index contributed by atoms with van der Waals surface area (Å²) in [6.07, 6.45) is -0.511. The normalized spacial score (nSPS) is 12.5. The summed E-state index contributed by atoms with van der Waals surface area (Å²) in [6, 6.07) is 15.9. The van der Waals surface area contributed by atoms with Gasteiger partial charge in [0.15, 0.2) is 0 Å². The molecule has 0 bridgehead atoms. The molecule has 1 atom stereocenters. The van der Waals surface area contributed by atoms with Gasteiger partial charge in [-0.1, -0.05) is 24.3 Å². The molecule has 0 aliphatic carbocycles. The predicted octanol–water partition coefficient (Wildman–Crippen LogP) is 3.13. The van der Waals surface area contributed by atoms with E-state index >= 15 is 0 Å². The molecule has 0 unspecified atom stereocenters. The van der Waals surface area contributed by atoms with Crippen molar-refractivity contribution in [3.05, 3.63) is 59.1 Å². The monoisotopic (exact) mass is 314 g/mol. The van der Waals surface area contributed by atoms with Crippen LogP contribution in [0.4, 0.5) is 0 Å². The number of pyridine rings is 1. The fourth-order valence-corrected chi connectivity index (χ4v) is 3.32. The van der Waals surface area contributed by atoms with Gasteiger partial charge in [-0.3, -0.25) is 0 Å². The number of benzene rings is 1. The molecule has 1 aromatic carbocycles. The molecule has 0 fully saturated rings. The number of methoxy groups -OCH3 is 1. The van der Waals surface area contributed by atoms with Crippen molar-refractivity contribution in [1.82, 2.24) is 10.3 Å². The van der Waals surface area contributed by atoms with Gasteiger partial charge in [0.2, 0.25) is 5.88 Å². The van der Waals surface area contributed by atoms with Gasteiger partial charge in [-0.15, -0.1) is 11.3 Å². The second-order valence-corrected chi connectivity index (χ2v) is 6.12. The molecule has 0 aliphatic heterocycles. The minimum absolute atomic E-state index is 0.492. The van der Waals surface area contributed by atoms with Crippen molar-refractivity contribution in [1.29, 1.82) is 0 Å². The predicted molar refractivity (Wildman–Crippen MR) is 89.3 cm³/mol. The maximum absolute atomic E-state index is 10.3. The first-order valence-corrected chi connectivity index (χ1v) is 7.95. The van der Waals surface area contributed by atoms with Gasteiger partial charge in [0.25, 0.3) is 0 Å². The first-order chi connectivity index (χ1) is 10.8. The molecule has 2 aromatic heterocycles. The lowest BCUT2D eigenvalue weighted by Gasteiger charge is -2.10. The smallest absolute Gasteiger partial charge is 0.213 e. The van der Waals surface area contributed by atoms with Crippen molar-refractivity contribution >= 4 is 21.4 Å². The zero-order valence-electron chi connectivity index (χ0n) is 12.3. The Morgan fingerprint density at radius 3 is 2.91 bits per heavy atom. The molecule has 2 N–H and O–H groups in total. The van der Waals surface area contributed by atoms with Crippen LogP contribution in [0.25, 0.3) is 10.1 Å². The summed E-state index contributed by atoms with van der Waals surface area (Å²) >= 11 is 1.63. The number of fused-ring (bicyclic) bond motifs is 1. The number of aliphatic hydroxyl groups is 1. The number of hydrogen-bond acceptors (Lipinski definition) is 5. The number of aliphatic hydroxyl groups excluding tert-OH is 1. The van der Waals surface area contributed by atoms with E-state index < -0.39 is 6.10 Å². The zero-order chi connectivity index (χ0) is 15.4. The van der Waals surface area contributed by atoms with Crippen LogP contribution in [0.1, 0.15) is 16.7 Å². The standard InChI is InChI=1S/C17H18N2O2S/c1-21-17-8-4-6-13(19-17)10-18-11-14(20)16-9-12-5-2-3-7-15(12)22-16/h2-9,14,18,20H,10-11H2,1H3/t14-/m0/s1. The summed E-state index contributed by atoms with van der Waals surface area (Å²) < 4.78 is 6.30. The second kappa shape index (κ2) is 6.87.